The van der Waals surface area contributed by atoms with Crippen molar-refractivity contribution >= 4 is 41.0 Å². The van der Waals surface area contributed by atoms with Crippen molar-refractivity contribution in [2.75, 3.05) is 5.32 Å². The van der Waals surface area contributed by atoms with Crippen LogP contribution in [-0.2, 0) is 0 Å². The van der Waals surface area contributed by atoms with Gasteiger partial charge in [-0.15, -0.1) is 0 Å². The first-order valence-corrected chi connectivity index (χ1v) is 5.97. The van der Waals surface area contributed by atoms with Crippen LogP contribution in [0.2, 0.25) is 10.0 Å². The van der Waals surface area contributed by atoms with Crippen molar-refractivity contribution in [2.24, 2.45) is 0 Å². The maximum absolute atomic E-state index is 11.5. The van der Waals surface area contributed by atoms with Crippen LogP contribution >= 0.6 is 23.2 Å². The van der Waals surface area contributed by atoms with Gasteiger partial charge in [0.25, 0.3) is 0 Å². The number of hydrogen-bond donors (Lipinski definition) is 3. The van der Waals surface area contributed by atoms with Gasteiger partial charge in [0.15, 0.2) is 0 Å². The maximum Gasteiger partial charge on any atom is 0.327 e. The summed E-state index contributed by atoms with van der Waals surface area (Å²) in [4.78, 5) is 22.7. The van der Waals surface area contributed by atoms with Gasteiger partial charge in [0.1, 0.15) is 0 Å². The minimum Gasteiger partial charge on any atom is -0.336 e. The molecule has 0 heterocycles. The van der Waals surface area contributed by atoms with Crippen molar-refractivity contribution in [3.05, 3.63) is 28.2 Å². The average Bonchev–Trinajstić information content (AvgIpc) is 2.12. The van der Waals surface area contributed by atoms with E-state index < -0.39 is 12.1 Å². The van der Waals surface area contributed by atoms with Crippen LogP contribution in [0.1, 0.15) is 13.8 Å². The van der Waals surface area contributed by atoms with Crippen molar-refractivity contribution in [3.8, 4) is 0 Å². The van der Waals surface area contributed by atoms with E-state index in [2.05, 4.69) is 16.0 Å². The van der Waals surface area contributed by atoms with E-state index in [1.165, 1.54) is 18.2 Å². The first-order valence-electron chi connectivity index (χ1n) is 5.21. The summed E-state index contributed by atoms with van der Waals surface area (Å²) in [7, 11) is 0. The van der Waals surface area contributed by atoms with Crippen LogP contribution in [0.15, 0.2) is 18.2 Å². The number of halogens is 2. The van der Waals surface area contributed by atoms with Gasteiger partial charge in [-0.25, -0.2) is 9.59 Å². The van der Waals surface area contributed by atoms with E-state index in [4.69, 9.17) is 23.2 Å². The molecular weight excluding hydrogens is 277 g/mol. The van der Waals surface area contributed by atoms with Crippen molar-refractivity contribution < 1.29 is 9.59 Å². The van der Waals surface area contributed by atoms with Crippen molar-refractivity contribution in [3.63, 3.8) is 0 Å². The van der Waals surface area contributed by atoms with Crippen molar-refractivity contribution in [2.45, 2.75) is 19.9 Å². The number of hydrogen-bond acceptors (Lipinski definition) is 2. The van der Waals surface area contributed by atoms with Gasteiger partial charge in [0.2, 0.25) is 0 Å². The number of urea groups is 2. The molecule has 5 nitrogen and oxygen atoms in total. The molecule has 0 aromatic heterocycles. The summed E-state index contributed by atoms with van der Waals surface area (Å²) < 4.78 is 0. The van der Waals surface area contributed by atoms with Gasteiger partial charge in [-0.05, 0) is 32.0 Å². The molecule has 1 aromatic rings. The number of carbonyl (C=O) groups excluding carboxylic acids is 2. The zero-order valence-corrected chi connectivity index (χ0v) is 11.4. The third-order valence-corrected chi connectivity index (χ3v) is 2.20. The molecule has 0 radical (unpaired) electrons. The fraction of sp³-hybridized carbons (Fsp3) is 0.273. The molecule has 0 aliphatic carbocycles. The quantitative estimate of drug-likeness (QED) is 0.782. The van der Waals surface area contributed by atoms with Crippen LogP contribution in [-0.4, -0.2) is 18.1 Å². The first-order chi connectivity index (χ1) is 8.36. The van der Waals surface area contributed by atoms with Gasteiger partial charge in [-0.2, -0.15) is 0 Å². The highest BCUT2D eigenvalue weighted by Crippen LogP contribution is 2.22. The standard InChI is InChI=1S/C11H13Cl2N3O2/c1-6(2)14-10(17)16-11(18)15-9-4-7(12)3-8(13)5-9/h3-6H,1-2H3,(H3,14,15,16,17,18). The zero-order chi connectivity index (χ0) is 13.7. The predicted molar refractivity (Wildman–Crippen MR) is 72.3 cm³/mol. The third-order valence-electron chi connectivity index (χ3n) is 1.77. The predicted octanol–water partition coefficient (Wildman–Crippen LogP) is 3.23. The lowest BCUT2D eigenvalue weighted by atomic mass is 10.3. The third kappa shape index (κ3) is 5.25. The molecule has 98 valence electrons. The van der Waals surface area contributed by atoms with Crippen LogP contribution in [0.5, 0.6) is 0 Å². The molecule has 0 aliphatic rings. The second-order valence-corrected chi connectivity index (χ2v) is 4.74. The molecule has 1 aromatic carbocycles. The topological polar surface area (TPSA) is 70.2 Å². The summed E-state index contributed by atoms with van der Waals surface area (Å²) in [6.45, 7) is 3.57. The summed E-state index contributed by atoms with van der Waals surface area (Å²) in [5.74, 6) is 0. The molecular formula is C11H13Cl2N3O2. The van der Waals surface area contributed by atoms with Crippen LogP contribution in [0.25, 0.3) is 0 Å². The summed E-state index contributed by atoms with van der Waals surface area (Å²) in [5, 5.41) is 7.87. The first kappa shape index (κ1) is 14.6. The Morgan fingerprint density at radius 1 is 1.06 bits per heavy atom. The smallest absolute Gasteiger partial charge is 0.327 e. The normalized spacial score (nSPS) is 10.1. The summed E-state index contributed by atoms with van der Waals surface area (Å²) in [6.07, 6.45) is 0. The number of anilines is 1. The minimum absolute atomic E-state index is 0.0570. The van der Waals surface area contributed by atoms with Gasteiger partial charge in [0.05, 0.1) is 0 Å². The van der Waals surface area contributed by atoms with Gasteiger partial charge in [-0.3, -0.25) is 5.32 Å². The Bertz CT molecular complexity index is 443. The fourth-order valence-corrected chi connectivity index (χ4v) is 1.72. The van der Waals surface area contributed by atoms with Crippen LogP contribution in [0.3, 0.4) is 0 Å². The number of rotatable bonds is 2. The van der Waals surface area contributed by atoms with E-state index in [1.807, 2.05) is 0 Å². The molecule has 0 bridgehead atoms. The molecule has 0 spiro atoms. The molecule has 18 heavy (non-hydrogen) atoms. The molecule has 4 amide bonds. The van der Waals surface area contributed by atoms with Gasteiger partial charge in [0, 0.05) is 21.8 Å². The van der Waals surface area contributed by atoms with Gasteiger partial charge < -0.3 is 10.6 Å². The second kappa shape index (κ2) is 6.47. The fourth-order valence-electron chi connectivity index (χ4n) is 1.19. The number of nitrogens with one attached hydrogen (secondary N) is 3. The Balaban J connectivity index is 2.57. The molecule has 0 saturated heterocycles. The molecule has 1 rings (SSSR count). The lowest BCUT2D eigenvalue weighted by Gasteiger charge is -2.10. The van der Waals surface area contributed by atoms with E-state index in [1.54, 1.807) is 13.8 Å². The van der Waals surface area contributed by atoms with E-state index in [0.29, 0.717) is 15.7 Å². The van der Waals surface area contributed by atoms with Crippen LogP contribution < -0.4 is 16.0 Å². The largest absolute Gasteiger partial charge is 0.336 e. The van der Waals surface area contributed by atoms with Gasteiger partial charge >= 0.3 is 12.1 Å². The SMILES string of the molecule is CC(C)NC(=O)NC(=O)Nc1cc(Cl)cc(Cl)c1. The molecule has 7 heteroatoms. The minimum atomic E-state index is -0.661. The molecule has 0 fully saturated rings. The highest BCUT2D eigenvalue weighted by molar-refractivity contribution is 6.35. The summed E-state index contributed by atoms with van der Waals surface area (Å²) >= 11 is 11.5. The molecule has 0 atom stereocenters. The average molecular weight is 290 g/mol. The number of benzene rings is 1. The van der Waals surface area contributed by atoms with Crippen molar-refractivity contribution in [1.82, 2.24) is 10.6 Å². The van der Waals surface area contributed by atoms with Crippen LogP contribution in [0.4, 0.5) is 15.3 Å². The molecule has 3 N–H and O–H groups in total. The lowest BCUT2D eigenvalue weighted by molar-refractivity contribution is 0.231. The molecule has 0 unspecified atom stereocenters. The molecule has 0 saturated carbocycles. The van der Waals surface area contributed by atoms with E-state index in [-0.39, 0.29) is 6.04 Å². The Morgan fingerprint density at radius 2 is 1.61 bits per heavy atom. The lowest BCUT2D eigenvalue weighted by Crippen LogP contribution is -2.44. The number of carbonyl (C=O) groups is 2. The highest BCUT2D eigenvalue weighted by Gasteiger charge is 2.09. The second-order valence-electron chi connectivity index (χ2n) is 3.87. The number of amides is 4. The maximum atomic E-state index is 11.5. The van der Waals surface area contributed by atoms with E-state index >= 15 is 0 Å². The number of imide groups is 1. The van der Waals surface area contributed by atoms with E-state index in [9.17, 15) is 9.59 Å². The van der Waals surface area contributed by atoms with Crippen molar-refractivity contribution in [1.29, 1.82) is 0 Å². The highest BCUT2D eigenvalue weighted by atomic mass is 35.5. The summed E-state index contributed by atoms with van der Waals surface area (Å²) in [6, 6.07) is 3.29. The Morgan fingerprint density at radius 3 is 2.11 bits per heavy atom. The Kier molecular flexibility index (Phi) is 5.25. The monoisotopic (exact) mass is 289 g/mol. The van der Waals surface area contributed by atoms with E-state index in [0.717, 1.165) is 0 Å². The van der Waals surface area contributed by atoms with Gasteiger partial charge in [-0.1, -0.05) is 23.2 Å². The Hall–Kier alpha value is -1.46. The zero-order valence-electron chi connectivity index (χ0n) is 9.88. The summed E-state index contributed by atoms with van der Waals surface area (Å²) in [5.41, 5.74) is 0.405. The Labute approximate surface area is 115 Å². The molecule has 0 aliphatic heterocycles. The van der Waals surface area contributed by atoms with Crippen LogP contribution in [0, 0.1) is 0 Å².